The highest BCUT2D eigenvalue weighted by atomic mass is 35.5. The summed E-state index contributed by atoms with van der Waals surface area (Å²) in [6.07, 6.45) is 7.12. The third kappa shape index (κ3) is 3.64. The van der Waals surface area contributed by atoms with Crippen LogP contribution in [0.3, 0.4) is 0 Å². The van der Waals surface area contributed by atoms with E-state index in [1.54, 1.807) is 7.11 Å². The van der Waals surface area contributed by atoms with E-state index in [9.17, 15) is 0 Å². The van der Waals surface area contributed by atoms with Gasteiger partial charge in [0, 0.05) is 30.9 Å². The van der Waals surface area contributed by atoms with Gasteiger partial charge in [-0.1, -0.05) is 12.8 Å². The van der Waals surface area contributed by atoms with E-state index in [4.69, 9.17) is 9.47 Å². The molecule has 0 aromatic carbocycles. The quantitative estimate of drug-likeness (QED) is 0.788. The minimum absolute atomic E-state index is 0. The SMILES string of the molecule is COCCn1c(C)c(C)c2ccnc(OCC3CCCC3)c21.Cl. The molecule has 0 N–H and O–H groups in total. The van der Waals surface area contributed by atoms with Gasteiger partial charge < -0.3 is 14.0 Å². The highest BCUT2D eigenvalue weighted by molar-refractivity contribution is 5.88. The van der Waals surface area contributed by atoms with Crippen LogP contribution in [0, 0.1) is 19.8 Å². The van der Waals surface area contributed by atoms with Crippen LogP contribution in [0.2, 0.25) is 0 Å². The number of nitrogens with zero attached hydrogens (tertiary/aromatic N) is 2. The summed E-state index contributed by atoms with van der Waals surface area (Å²) in [5, 5.41) is 1.24. The number of ether oxygens (including phenoxy) is 2. The third-order valence-corrected chi connectivity index (χ3v) is 4.96. The van der Waals surface area contributed by atoms with E-state index in [0.29, 0.717) is 12.5 Å². The molecule has 2 heterocycles. The average molecular weight is 339 g/mol. The van der Waals surface area contributed by atoms with Crippen LogP contribution < -0.4 is 4.74 Å². The molecule has 2 aromatic heterocycles. The van der Waals surface area contributed by atoms with Crippen LogP contribution in [-0.2, 0) is 11.3 Å². The van der Waals surface area contributed by atoms with Gasteiger partial charge in [-0.15, -0.1) is 12.4 Å². The molecule has 0 amide bonds. The maximum absolute atomic E-state index is 6.12. The standard InChI is InChI=1S/C18H26N2O2.ClH/c1-13-14(2)20(10-11-21-3)17-16(13)8-9-19-18(17)22-12-15-6-4-5-7-15;/h8-9,15H,4-7,10-12H2,1-3H3;1H. The first-order valence-electron chi connectivity index (χ1n) is 8.28. The van der Waals surface area contributed by atoms with Crippen LogP contribution in [0.5, 0.6) is 5.88 Å². The van der Waals surface area contributed by atoms with Gasteiger partial charge in [-0.25, -0.2) is 4.98 Å². The summed E-state index contributed by atoms with van der Waals surface area (Å²) in [5.41, 5.74) is 3.69. The van der Waals surface area contributed by atoms with Gasteiger partial charge in [0.05, 0.1) is 13.2 Å². The third-order valence-electron chi connectivity index (χ3n) is 4.96. The minimum atomic E-state index is 0. The molecule has 0 unspecified atom stereocenters. The fourth-order valence-corrected chi connectivity index (χ4v) is 3.50. The molecule has 0 bridgehead atoms. The molecule has 128 valence electrons. The lowest BCUT2D eigenvalue weighted by Gasteiger charge is -2.14. The average Bonchev–Trinajstić information content (AvgIpc) is 3.13. The predicted octanol–water partition coefficient (Wildman–Crippen LogP) is 4.29. The Hall–Kier alpha value is -1.26. The second-order valence-electron chi connectivity index (χ2n) is 6.33. The fourth-order valence-electron chi connectivity index (χ4n) is 3.50. The molecule has 4 nitrogen and oxygen atoms in total. The second kappa shape index (κ2) is 8.02. The summed E-state index contributed by atoms with van der Waals surface area (Å²) < 4.78 is 13.7. The number of hydrogen-bond donors (Lipinski definition) is 0. The smallest absolute Gasteiger partial charge is 0.238 e. The van der Waals surface area contributed by atoms with Crippen molar-refractivity contribution in [3.05, 3.63) is 23.5 Å². The van der Waals surface area contributed by atoms with Crippen molar-refractivity contribution in [1.29, 1.82) is 0 Å². The van der Waals surface area contributed by atoms with Crippen molar-refractivity contribution in [2.24, 2.45) is 5.92 Å². The lowest BCUT2D eigenvalue weighted by molar-refractivity contribution is 0.187. The Morgan fingerprint density at radius 1 is 1.26 bits per heavy atom. The van der Waals surface area contributed by atoms with Crippen molar-refractivity contribution in [3.63, 3.8) is 0 Å². The lowest BCUT2D eigenvalue weighted by Crippen LogP contribution is -2.11. The summed E-state index contributed by atoms with van der Waals surface area (Å²) in [4.78, 5) is 4.51. The summed E-state index contributed by atoms with van der Waals surface area (Å²) in [7, 11) is 1.74. The van der Waals surface area contributed by atoms with E-state index >= 15 is 0 Å². The van der Waals surface area contributed by atoms with Gasteiger partial charge in [0.1, 0.15) is 5.52 Å². The van der Waals surface area contributed by atoms with Crippen LogP contribution in [0.15, 0.2) is 12.3 Å². The molecule has 3 rings (SSSR count). The van der Waals surface area contributed by atoms with E-state index in [0.717, 1.165) is 24.5 Å². The van der Waals surface area contributed by atoms with Crippen molar-refractivity contribution in [2.45, 2.75) is 46.1 Å². The van der Waals surface area contributed by atoms with Gasteiger partial charge in [-0.05, 0) is 44.2 Å². The number of halogens is 1. The van der Waals surface area contributed by atoms with E-state index in [1.807, 2.05) is 6.20 Å². The molecule has 0 aliphatic heterocycles. The van der Waals surface area contributed by atoms with E-state index < -0.39 is 0 Å². The van der Waals surface area contributed by atoms with Crippen molar-refractivity contribution in [2.75, 3.05) is 20.3 Å². The summed E-state index contributed by atoms with van der Waals surface area (Å²) in [6.45, 7) is 6.65. The zero-order chi connectivity index (χ0) is 15.5. The molecular formula is C18H27ClN2O2. The van der Waals surface area contributed by atoms with Gasteiger partial charge in [0.25, 0.3) is 0 Å². The number of aromatic nitrogens is 2. The number of methoxy groups -OCH3 is 1. The van der Waals surface area contributed by atoms with Crippen LogP contribution in [0.1, 0.15) is 36.9 Å². The molecule has 0 atom stereocenters. The number of pyridine rings is 1. The van der Waals surface area contributed by atoms with Crippen LogP contribution >= 0.6 is 12.4 Å². The molecular weight excluding hydrogens is 312 g/mol. The molecule has 1 aliphatic carbocycles. The summed E-state index contributed by atoms with van der Waals surface area (Å²) in [6, 6.07) is 2.09. The maximum atomic E-state index is 6.12. The first-order chi connectivity index (χ1) is 10.7. The zero-order valence-corrected chi connectivity index (χ0v) is 15.1. The topological polar surface area (TPSA) is 36.3 Å². The number of fused-ring (bicyclic) bond motifs is 1. The van der Waals surface area contributed by atoms with Crippen molar-refractivity contribution in [3.8, 4) is 5.88 Å². The monoisotopic (exact) mass is 338 g/mol. The predicted molar refractivity (Wildman–Crippen MR) is 95.8 cm³/mol. The molecule has 1 aliphatic rings. The van der Waals surface area contributed by atoms with E-state index in [1.165, 1.54) is 42.3 Å². The molecule has 0 saturated heterocycles. The summed E-state index contributed by atoms with van der Waals surface area (Å²) in [5.74, 6) is 1.47. The van der Waals surface area contributed by atoms with Gasteiger partial charge in [0.2, 0.25) is 5.88 Å². The minimum Gasteiger partial charge on any atom is -0.476 e. The van der Waals surface area contributed by atoms with Crippen LogP contribution in [0.4, 0.5) is 0 Å². The Labute approximate surface area is 144 Å². The number of rotatable bonds is 6. The zero-order valence-electron chi connectivity index (χ0n) is 14.3. The maximum Gasteiger partial charge on any atom is 0.238 e. The largest absolute Gasteiger partial charge is 0.476 e. The van der Waals surface area contributed by atoms with Crippen LogP contribution in [-0.4, -0.2) is 29.9 Å². The van der Waals surface area contributed by atoms with E-state index in [-0.39, 0.29) is 12.4 Å². The Bertz CT molecular complexity index is 648. The normalized spacial score (nSPS) is 15.1. The summed E-state index contributed by atoms with van der Waals surface area (Å²) >= 11 is 0. The molecule has 0 radical (unpaired) electrons. The molecule has 1 fully saturated rings. The molecule has 23 heavy (non-hydrogen) atoms. The van der Waals surface area contributed by atoms with Crippen molar-refractivity contribution < 1.29 is 9.47 Å². The highest BCUT2D eigenvalue weighted by Crippen LogP contribution is 2.32. The molecule has 5 heteroatoms. The van der Waals surface area contributed by atoms with Gasteiger partial charge in [-0.3, -0.25) is 0 Å². The first kappa shape index (κ1) is 18.1. The Morgan fingerprint density at radius 2 is 2.00 bits per heavy atom. The highest BCUT2D eigenvalue weighted by Gasteiger charge is 2.19. The molecule has 2 aromatic rings. The Kier molecular flexibility index (Phi) is 6.31. The first-order valence-corrected chi connectivity index (χ1v) is 8.28. The number of hydrogen-bond acceptors (Lipinski definition) is 3. The van der Waals surface area contributed by atoms with Gasteiger partial charge in [0.15, 0.2) is 0 Å². The van der Waals surface area contributed by atoms with Crippen molar-refractivity contribution in [1.82, 2.24) is 9.55 Å². The molecule has 1 saturated carbocycles. The second-order valence-corrected chi connectivity index (χ2v) is 6.33. The van der Waals surface area contributed by atoms with Gasteiger partial charge in [-0.2, -0.15) is 0 Å². The fraction of sp³-hybridized carbons (Fsp3) is 0.611. The molecule has 0 spiro atoms. The Balaban J connectivity index is 0.00000192. The van der Waals surface area contributed by atoms with Gasteiger partial charge >= 0.3 is 0 Å². The Morgan fingerprint density at radius 3 is 2.70 bits per heavy atom. The van der Waals surface area contributed by atoms with Crippen molar-refractivity contribution >= 4 is 23.3 Å². The number of aryl methyl sites for hydroxylation is 1. The van der Waals surface area contributed by atoms with E-state index in [2.05, 4.69) is 29.5 Å². The van der Waals surface area contributed by atoms with Crippen LogP contribution in [0.25, 0.3) is 10.9 Å². The lowest BCUT2D eigenvalue weighted by atomic mass is 10.1.